The van der Waals surface area contributed by atoms with Gasteiger partial charge in [-0.15, -0.1) is 0 Å². The zero-order chi connectivity index (χ0) is 21.7. The minimum absolute atomic E-state index is 0.452. The van der Waals surface area contributed by atoms with Gasteiger partial charge in [-0.1, -0.05) is 88.2 Å². The van der Waals surface area contributed by atoms with E-state index in [-0.39, 0.29) is 0 Å². The normalized spacial score (nSPS) is 17.3. The Balaban J connectivity index is 2.14. The average molecular weight is 396 g/mol. The Kier molecular flexibility index (Phi) is 7.11. The Morgan fingerprint density at radius 3 is 2.47 bits per heavy atom. The van der Waals surface area contributed by atoms with Crippen molar-refractivity contribution in [2.24, 2.45) is 11.8 Å². The third kappa shape index (κ3) is 4.65. The molecule has 1 aliphatic carbocycles. The molecule has 1 heteroatoms. The van der Waals surface area contributed by atoms with Gasteiger partial charge in [0.15, 0.2) is 0 Å². The van der Waals surface area contributed by atoms with E-state index in [4.69, 9.17) is 0 Å². The van der Waals surface area contributed by atoms with Crippen molar-refractivity contribution in [1.82, 2.24) is 0 Å². The summed E-state index contributed by atoms with van der Waals surface area (Å²) in [7, 11) is 0. The molecule has 1 unspecified atom stereocenters. The highest BCUT2D eigenvalue weighted by Gasteiger charge is 2.16. The van der Waals surface area contributed by atoms with Gasteiger partial charge in [-0.2, -0.15) is 5.26 Å². The molecule has 0 aliphatic heterocycles. The Morgan fingerprint density at radius 2 is 1.83 bits per heavy atom. The molecule has 0 spiro atoms. The largest absolute Gasteiger partial charge is 0.192 e. The zero-order valence-corrected chi connectivity index (χ0v) is 19.0. The number of allylic oxidation sites excluding steroid dienone is 6. The fourth-order valence-corrected chi connectivity index (χ4v) is 4.31. The summed E-state index contributed by atoms with van der Waals surface area (Å²) in [6, 6.07) is 15.5. The van der Waals surface area contributed by atoms with Crippen molar-refractivity contribution in [2.75, 3.05) is 0 Å². The lowest BCUT2D eigenvalue weighted by atomic mass is 9.84. The van der Waals surface area contributed by atoms with Crippen LogP contribution in [0.4, 0.5) is 0 Å². The Bertz CT molecular complexity index is 1040. The molecule has 0 fully saturated rings. The highest BCUT2D eigenvalue weighted by Crippen LogP contribution is 2.36. The standard InChI is InChI=1S/C29H33N/c1-6-22(7-2)16-23-10-14-28(26-11-9-20(4)24(8-3)18-26)29(17-23)25-12-13-27(19-30)21(5)15-25/h8-15,17-18,20,22H,6-7,16H2,1-5H3/b24-8-. The van der Waals surface area contributed by atoms with Gasteiger partial charge >= 0.3 is 0 Å². The van der Waals surface area contributed by atoms with E-state index >= 15 is 0 Å². The molecule has 0 bridgehead atoms. The summed E-state index contributed by atoms with van der Waals surface area (Å²) in [6.07, 6.45) is 12.6. The first-order valence-electron chi connectivity index (χ1n) is 11.2. The molecule has 1 atom stereocenters. The lowest BCUT2D eigenvalue weighted by molar-refractivity contribution is 0.490. The summed E-state index contributed by atoms with van der Waals surface area (Å²) in [5.74, 6) is 1.17. The van der Waals surface area contributed by atoms with Crippen LogP contribution in [-0.2, 0) is 6.42 Å². The fraction of sp³-hybridized carbons (Fsp3) is 0.345. The summed E-state index contributed by atoms with van der Waals surface area (Å²) >= 11 is 0. The van der Waals surface area contributed by atoms with Crippen molar-refractivity contribution >= 4 is 5.57 Å². The zero-order valence-electron chi connectivity index (χ0n) is 19.0. The molecule has 1 nitrogen and oxygen atoms in total. The number of benzene rings is 2. The monoisotopic (exact) mass is 395 g/mol. The summed E-state index contributed by atoms with van der Waals surface area (Å²) in [5, 5.41) is 9.34. The lowest BCUT2D eigenvalue weighted by Gasteiger charge is -2.20. The van der Waals surface area contributed by atoms with Crippen LogP contribution in [0.5, 0.6) is 0 Å². The second-order valence-corrected chi connectivity index (χ2v) is 8.44. The van der Waals surface area contributed by atoms with Gasteiger partial charge in [-0.05, 0) is 77.1 Å². The van der Waals surface area contributed by atoms with Gasteiger partial charge in [0.05, 0.1) is 11.6 Å². The van der Waals surface area contributed by atoms with Crippen LogP contribution < -0.4 is 0 Å². The first kappa shape index (κ1) is 21.8. The molecule has 1 aliphatic rings. The minimum Gasteiger partial charge on any atom is -0.192 e. The van der Waals surface area contributed by atoms with E-state index in [2.05, 4.69) is 88.4 Å². The van der Waals surface area contributed by atoms with E-state index in [0.717, 1.165) is 23.5 Å². The second kappa shape index (κ2) is 9.77. The average Bonchev–Trinajstić information content (AvgIpc) is 2.77. The molecule has 154 valence electrons. The SMILES string of the molecule is C/C=C1/C=C(c2ccc(CC(CC)CC)cc2-c2ccc(C#N)c(C)c2)C=CC1C. The van der Waals surface area contributed by atoms with Crippen molar-refractivity contribution in [3.63, 3.8) is 0 Å². The third-order valence-corrected chi connectivity index (χ3v) is 6.48. The predicted molar refractivity (Wildman–Crippen MR) is 129 cm³/mol. The van der Waals surface area contributed by atoms with E-state index in [0.29, 0.717) is 5.92 Å². The van der Waals surface area contributed by atoms with Crippen LogP contribution in [-0.4, -0.2) is 0 Å². The van der Waals surface area contributed by atoms with Crippen molar-refractivity contribution < 1.29 is 0 Å². The molecule has 30 heavy (non-hydrogen) atoms. The van der Waals surface area contributed by atoms with E-state index in [1.54, 1.807) is 0 Å². The quantitative estimate of drug-likeness (QED) is 0.485. The van der Waals surface area contributed by atoms with E-state index < -0.39 is 0 Å². The van der Waals surface area contributed by atoms with Crippen molar-refractivity contribution in [3.05, 3.63) is 88.5 Å². The maximum Gasteiger partial charge on any atom is 0.0994 e. The molecule has 0 saturated heterocycles. The molecule has 0 aromatic heterocycles. The number of rotatable bonds is 6. The van der Waals surface area contributed by atoms with Crippen LogP contribution in [0.2, 0.25) is 0 Å². The summed E-state index contributed by atoms with van der Waals surface area (Å²) in [6.45, 7) is 10.9. The van der Waals surface area contributed by atoms with Crippen molar-refractivity contribution in [3.8, 4) is 17.2 Å². The van der Waals surface area contributed by atoms with Crippen LogP contribution >= 0.6 is 0 Å². The molecule has 0 heterocycles. The van der Waals surface area contributed by atoms with Crippen LogP contribution in [0.3, 0.4) is 0 Å². The molecule has 3 rings (SSSR count). The van der Waals surface area contributed by atoms with Gasteiger partial charge in [-0.25, -0.2) is 0 Å². The lowest BCUT2D eigenvalue weighted by Crippen LogP contribution is -2.03. The highest BCUT2D eigenvalue weighted by atomic mass is 14.2. The van der Waals surface area contributed by atoms with Crippen molar-refractivity contribution in [1.29, 1.82) is 5.26 Å². The number of hydrogen-bond donors (Lipinski definition) is 0. The van der Waals surface area contributed by atoms with Crippen LogP contribution in [0.1, 0.15) is 62.8 Å². The fourth-order valence-electron chi connectivity index (χ4n) is 4.31. The number of hydrogen-bond acceptors (Lipinski definition) is 1. The van der Waals surface area contributed by atoms with Crippen LogP contribution in [0.15, 0.2) is 66.3 Å². The predicted octanol–water partition coefficient (Wildman–Crippen LogP) is 8.05. The Hall–Kier alpha value is -2.85. The van der Waals surface area contributed by atoms with Crippen LogP contribution in [0.25, 0.3) is 16.7 Å². The van der Waals surface area contributed by atoms with Gasteiger partial charge in [0.2, 0.25) is 0 Å². The van der Waals surface area contributed by atoms with Gasteiger partial charge in [-0.3, -0.25) is 0 Å². The number of nitrogens with zero attached hydrogens (tertiary/aromatic N) is 1. The molecule has 0 saturated carbocycles. The van der Waals surface area contributed by atoms with Gasteiger partial charge < -0.3 is 0 Å². The first-order chi connectivity index (χ1) is 14.5. The topological polar surface area (TPSA) is 23.8 Å². The van der Waals surface area contributed by atoms with Gasteiger partial charge in [0.1, 0.15) is 0 Å². The summed E-state index contributed by atoms with van der Waals surface area (Å²) in [4.78, 5) is 0. The van der Waals surface area contributed by atoms with Gasteiger partial charge in [0.25, 0.3) is 0 Å². The molecule has 0 amide bonds. The molecule has 0 radical (unpaired) electrons. The summed E-state index contributed by atoms with van der Waals surface area (Å²) in [5.41, 5.74) is 9.48. The third-order valence-electron chi connectivity index (χ3n) is 6.48. The van der Waals surface area contributed by atoms with E-state index in [1.165, 1.54) is 46.2 Å². The van der Waals surface area contributed by atoms with Crippen molar-refractivity contribution in [2.45, 2.75) is 53.9 Å². The smallest absolute Gasteiger partial charge is 0.0994 e. The van der Waals surface area contributed by atoms with Crippen LogP contribution in [0, 0.1) is 30.1 Å². The number of aryl methyl sites for hydroxylation is 1. The molecule has 2 aromatic rings. The molecule has 2 aromatic carbocycles. The second-order valence-electron chi connectivity index (χ2n) is 8.44. The maximum atomic E-state index is 9.34. The molecular weight excluding hydrogens is 362 g/mol. The molecule has 0 N–H and O–H groups in total. The summed E-state index contributed by atoms with van der Waals surface area (Å²) < 4.78 is 0. The Morgan fingerprint density at radius 1 is 1.07 bits per heavy atom. The van der Waals surface area contributed by atoms with Gasteiger partial charge in [0, 0.05) is 0 Å². The highest BCUT2D eigenvalue weighted by molar-refractivity contribution is 5.88. The number of nitriles is 1. The first-order valence-corrected chi connectivity index (χ1v) is 11.2. The Labute approximate surface area is 182 Å². The maximum absolute atomic E-state index is 9.34. The minimum atomic E-state index is 0.452. The molecular formula is C29H33N. The van der Waals surface area contributed by atoms with E-state index in [9.17, 15) is 5.26 Å². The van der Waals surface area contributed by atoms with E-state index in [1.807, 2.05) is 13.0 Å².